The summed E-state index contributed by atoms with van der Waals surface area (Å²) in [7, 11) is 1.75. The number of benzene rings is 3. The van der Waals surface area contributed by atoms with Crippen LogP contribution in [0.4, 0.5) is 5.69 Å². The molecule has 0 saturated heterocycles. The van der Waals surface area contributed by atoms with Crippen molar-refractivity contribution in [2.24, 2.45) is 4.99 Å². The molecular formula is C46H62N2O2. The lowest BCUT2D eigenvalue weighted by Gasteiger charge is -2.33. The molecule has 0 bridgehead atoms. The van der Waals surface area contributed by atoms with Gasteiger partial charge >= 0.3 is 0 Å². The van der Waals surface area contributed by atoms with Gasteiger partial charge in [-0.3, -0.25) is 4.99 Å². The number of ether oxygens (including phenoxy) is 2. The van der Waals surface area contributed by atoms with E-state index in [4.69, 9.17) is 14.5 Å². The largest absolute Gasteiger partial charge is 0.497 e. The highest BCUT2D eigenvalue weighted by atomic mass is 16.5. The lowest BCUT2D eigenvalue weighted by Crippen LogP contribution is -2.30. The lowest BCUT2D eigenvalue weighted by atomic mass is 9.79. The van der Waals surface area contributed by atoms with Gasteiger partial charge in [-0.05, 0) is 70.7 Å². The second-order valence-electron chi connectivity index (χ2n) is 16.2. The van der Waals surface area contributed by atoms with Gasteiger partial charge < -0.3 is 14.0 Å². The van der Waals surface area contributed by atoms with E-state index in [2.05, 4.69) is 171 Å². The number of aryl methyl sites for hydroxylation is 3. The molecule has 268 valence electrons. The molecule has 1 heterocycles. The molecule has 0 radical (unpaired) electrons. The number of nitrogens with zero attached hydrogens (tertiary/aromatic N) is 2. The van der Waals surface area contributed by atoms with Crippen LogP contribution in [0.5, 0.6) is 11.5 Å². The number of hydrogen-bond donors (Lipinski definition) is 0. The molecule has 0 N–H and O–H groups in total. The van der Waals surface area contributed by atoms with Crippen LogP contribution in [0.1, 0.15) is 116 Å². The van der Waals surface area contributed by atoms with Crippen LogP contribution in [-0.4, -0.2) is 23.5 Å². The summed E-state index contributed by atoms with van der Waals surface area (Å²) in [6.45, 7) is 23.4. The van der Waals surface area contributed by atoms with E-state index in [-0.39, 0.29) is 16.2 Å². The Morgan fingerprint density at radius 2 is 1.32 bits per heavy atom. The zero-order valence-corrected chi connectivity index (χ0v) is 32.8. The van der Waals surface area contributed by atoms with Crippen molar-refractivity contribution < 1.29 is 9.47 Å². The molecule has 0 aliphatic carbocycles. The quantitative estimate of drug-likeness (QED) is 0.0929. The van der Waals surface area contributed by atoms with Crippen molar-refractivity contribution in [3.05, 3.63) is 125 Å². The fourth-order valence-corrected chi connectivity index (χ4v) is 6.50. The molecule has 3 aromatic carbocycles. The highest BCUT2D eigenvalue weighted by molar-refractivity contribution is 5.93. The number of para-hydroxylation sites is 1. The summed E-state index contributed by atoms with van der Waals surface area (Å²) in [5.41, 5.74) is 7.67. The average Bonchev–Trinajstić information content (AvgIpc) is 3.59. The maximum atomic E-state index is 7.48. The highest BCUT2D eigenvalue weighted by Gasteiger charge is 2.31. The molecule has 1 aromatic heterocycles. The highest BCUT2D eigenvalue weighted by Crippen LogP contribution is 2.43. The summed E-state index contributed by atoms with van der Waals surface area (Å²) >= 11 is 0. The van der Waals surface area contributed by atoms with Crippen LogP contribution in [-0.2, 0) is 35.6 Å². The third-order valence-corrected chi connectivity index (χ3v) is 9.48. The minimum atomic E-state index is -0.409. The van der Waals surface area contributed by atoms with Crippen LogP contribution < -0.4 is 9.47 Å². The Balaban J connectivity index is 2.01. The smallest absolute Gasteiger partial charge is 0.155 e. The van der Waals surface area contributed by atoms with Crippen molar-refractivity contribution >= 4 is 11.4 Å². The Hall–Kier alpha value is -4.05. The average molecular weight is 675 g/mol. The molecule has 0 fully saturated rings. The van der Waals surface area contributed by atoms with E-state index in [1.165, 1.54) is 16.7 Å². The van der Waals surface area contributed by atoms with Gasteiger partial charge in [-0.1, -0.05) is 137 Å². The number of methoxy groups -OCH3 is 1. The van der Waals surface area contributed by atoms with E-state index in [1.807, 2.05) is 0 Å². The van der Waals surface area contributed by atoms with Gasteiger partial charge in [0.1, 0.15) is 11.5 Å². The summed E-state index contributed by atoms with van der Waals surface area (Å²) in [6, 6.07) is 25.9. The predicted octanol–water partition coefficient (Wildman–Crippen LogP) is 12.1. The lowest BCUT2D eigenvalue weighted by molar-refractivity contribution is 0.289. The first-order valence-electron chi connectivity index (χ1n) is 18.6. The van der Waals surface area contributed by atoms with Crippen LogP contribution in [0.25, 0.3) is 0 Å². The fraction of sp³-hybridized carbons (Fsp3) is 0.457. The van der Waals surface area contributed by atoms with Crippen molar-refractivity contribution in [1.82, 2.24) is 4.57 Å². The minimum absolute atomic E-state index is 0.189. The van der Waals surface area contributed by atoms with E-state index in [0.717, 1.165) is 72.7 Å². The normalized spacial score (nSPS) is 13.5. The van der Waals surface area contributed by atoms with Gasteiger partial charge in [-0.25, -0.2) is 0 Å². The molecule has 4 heteroatoms. The van der Waals surface area contributed by atoms with Crippen molar-refractivity contribution in [2.45, 2.75) is 130 Å². The number of allylic oxidation sites excluding steroid dienone is 1. The van der Waals surface area contributed by atoms with Crippen molar-refractivity contribution in [1.29, 1.82) is 0 Å². The molecule has 0 aliphatic heterocycles. The molecular weight excluding hydrogens is 613 g/mol. The van der Waals surface area contributed by atoms with Crippen LogP contribution in [0.3, 0.4) is 0 Å². The molecule has 50 heavy (non-hydrogen) atoms. The predicted molar refractivity (Wildman–Crippen MR) is 214 cm³/mol. The Kier molecular flexibility index (Phi) is 13.0. The molecule has 4 nitrogen and oxygen atoms in total. The molecule has 4 aromatic rings. The summed E-state index contributed by atoms with van der Waals surface area (Å²) in [5, 5.41) is 0. The van der Waals surface area contributed by atoms with E-state index < -0.39 is 6.10 Å². The van der Waals surface area contributed by atoms with Gasteiger partial charge in [0.05, 0.1) is 18.5 Å². The van der Waals surface area contributed by atoms with Gasteiger partial charge in [0.25, 0.3) is 0 Å². The van der Waals surface area contributed by atoms with Gasteiger partial charge in [0.15, 0.2) is 6.10 Å². The molecule has 0 saturated carbocycles. The maximum absolute atomic E-state index is 7.48. The zero-order valence-electron chi connectivity index (χ0n) is 32.8. The Labute approximate surface area is 303 Å². The van der Waals surface area contributed by atoms with Gasteiger partial charge in [-0.15, -0.1) is 0 Å². The van der Waals surface area contributed by atoms with E-state index in [0.29, 0.717) is 0 Å². The van der Waals surface area contributed by atoms with Crippen LogP contribution >= 0.6 is 0 Å². The van der Waals surface area contributed by atoms with Crippen molar-refractivity contribution in [3.8, 4) is 11.5 Å². The maximum Gasteiger partial charge on any atom is 0.155 e. The standard InChI is InChI=1S/C46H62N2O2/c1-12-20-34-22-19-23-35(21-13-2)42(34)47-40(27-31-48-29-17-18-30-48)41(26-28-46(9,10)36-24-15-14-16-25-36)50-43-38(44(3,4)5)32-37(49-11)33-39(43)45(6,7)8/h14-19,22-26,28-30,32-33,41H,12-13,20-21,27,31H2,1-11H3/b28-26+,47-40?/t41-/m1/s1. The summed E-state index contributed by atoms with van der Waals surface area (Å²) < 4.78 is 15.6. The monoisotopic (exact) mass is 674 g/mol. The first-order chi connectivity index (χ1) is 23.7. The Bertz CT molecular complexity index is 1650. The van der Waals surface area contributed by atoms with E-state index in [1.54, 1.807) is 7.11 Å². The van der Waals surface area contributed by atoms with E-state index in [9.17, 15) is 0 Å². The van der Waals surface area contributed by atoms with Gasteiger partial charge in [0, 0.05) is 41.9 Å². The van der Waals surface area contributed by atoms with Crippen LogP contribution in [0.15, 0.2) is 102 Å². The first-order valence-corrected chi connectivity index (χ1v) is 18.6. The number of rotatable bonds is 15. The van der Waals surface area contributed by atoms with Gasteiger partial charge in [-0.2, -0.15) is 0 Å². The number of aliphatic imine (C=N–C) groups is 1. The number of hydrogen-bond acceptors (Lipinski definition) is 3. The Morgan fingerprint density at radius 1 is 0.760 bits per heavy atom. The summed E-state index contributed by atoms with van der Waals surface area (Å²) in [5.74, 6) is 1.77. The second-order valence-corrected chi connectivity index (χ2v) is 16.2. The van der Waals surface area contributed by atoms with Crippen LogP contribution in [0.2, 0.25) is 0 Å². The Morgan fingerprint density at radius 3 is 1.82 bits per heavy atom. The van der Waals surface area contributed by atoms with Crippen molar-refractivity contribution in [3.63, 3.8) is 0 Å². The van der Waals surface area contributed by atoms with Crippen LogP contribution in [0, 0.1) is 0 Å². The molecule has 1 atom stereocenters. The molecule has 0 amide bonds. The van der Waals surface area contributed by atoms with E-state index >= 15 is 0 Å². The molecule has 0 aliphatic rings. The van der Waals surface area contributed by atoms with Crippen molar-refractivity contribution in [2.75, 3.05) is 7.11 Å². The zero-order chi connectivity index (χ0) is 36.5. The summed E-state index contributed by atoms with van der Waals surface area (Å²) in [4.78, 5) is 5.68. The third-order valence-electron chi connectivity index (χ3n) is 9.48. The second kappa shape index (κ2) is 16.8. The molecule has 4 rings (SSSR count). The minimum Gasteiger partial charge on any atom is -0.497 e. The molecule has 0 unspecified atom stereocenters. The number of aromatic nitrogens is 1. The first kappa shape index (κ1) is 38.7. The summed E-state index contributed by atoms with van der Waals surface area (Å²) in [6.07, 6.45) is 13.3. The topological polar surface area (TPSA) is 35.8 Å². The third kappa shape index (κ3) is 10.0. The molecule has 0 spiro atoms. The SMILES string of the molecule is CCCc1cccc(CCC)c1N=C(CCn1cccc1)[C@@H](/C=C/C(C)(C)c1ccccc1)Oc1c(C(C)(C)C)cc(OC)cc1C(C)(C)C. The fourth-order valence-electron chi connectivity index (χ4n) is 6.50. The van der Waals surface area contributed by atoms with Gasteiger partial charge in [0.2, 0.25) is 0 Å².